The zero-order valence-corrected chi connectivity index (χ0v) is 52.1. The summed E-state index contributed by atoms with van der Waals surface area (Å²) in [6.45, 7) is 28.4. The highest BCUT2D eigenvalue weighted by Gasteiger charge is 2.49. The van der Waals surface area contributed by atoms with E-state index in [1.165, 1.54) is 152 Å². The minimum absolute atomic E-state index is 0.0331. The topological polar surface area (TPSA) is 19.0 Å². The molecule has 0 aromatic heterocycles. The van der Waals surface area contributed by atoms with E-state index in [-0.39, 0.29) is 35.1 Å². The van der Waals surface area contributed by atoms with E-state index < -0.39 is 0 Å². The number of fused-ring (bicyclic) bond motifs is 10. The number of aryl methyl sites for hydroxylation is 4. The van der Waals surface area contributed by atoms with Gasteiger partial charge in [-0.2, -0.15) is 0 Å². The molecule has 422 valence electrons. The number of nitrogens with zero attached hydrogens (tertiary/aromatic N) is 3. The van der Waals surface area contributed by atoms with E-state index in [9.17, 15) is 0 Å². The lowest BCUT2D eigenvalue weighted by Crippen LogP contribution is -2.64. The van der Waals surface area contributed by atoms with Gasteiger partial charge in [0.2, 0.25) is 0 Å². The lowest BCUT2D eigenvalue weighted by atomic mass is 9.30. The first kappa shape index (κ1) is 53.0. The van der Waals surface area contributed by atoms with Crippen LogP contribution in [0.3, 0.4) is 0 Å². The third-order valence-electron chi connectivity index (χ3n) is 21.5. The van der Waals surface area contributed by atoms with E-state index in [2.05, 4.69) is 286 Å². The summed E-state index contributed by atoms with van der Waals surface area (Å²) in [6.07, 6.45) is 4.65. The molecule has 0 fully saturated rings. The Morgan fingerprint density at radius 3 is 1.23 bits per heavy atom. The lowest BCUT2D eigenvalue weighted by molar-refractivity contribution is 0.332. The van der Waals surface area contributed by atoms with Crippen molar-refractivity contribution in [2.75, 3.05) is 14.7 Å². The van der Waals surface area contributed by atoms with Crippen molar-refractivity contribution < 1.29 is 4.74 Å². The first-order valence-corrected chi connectivity index (χ1v) is 31.6. The molecule has 0 spiro atoms. The fraction of sp³-hybridized carbons (Fsp3) is 0.250. The SMILES string of the molecule is Cc1cccc(C)c1-c1cc2c3c(c1)N(c1ccc4c(c1)C(C)(C)CCC4(C)C)c1ccccc1B3c1cc3c(cc1O2)N(c1ccccc1)c1cc(-c2c(C)cccc2C)cc2c1B3c1ccccc1N2c1ccc2c(c1)C(C)(C)CCC2(C)C. The van der Waals surface area contributed by atoms with E-state index in [0.29, 0.717) is 0 Å². The van der Waals surface area contributed by atoms with Crippen LogP contribution in [0.1, 0.15) is 126 Å². The average Bonchev–Trinajstić information content (AvgIpc) is 0.699. The molecule has 0 saturated carbocycles. The number of anilines is 9. The number of hydrogen-bond acceptors (Lipinski definition) is 4. The summed E-state index contributed by atoms with van der Waals surface area (Å²) in [5.41, 5.74) is 34.3. The molecule has 0 amide bonds. The molecule has 0 N–H and O–H groups in total. The summed E-state index contributed by atoms with van der Waals surface area (Å²) in [6, 6.07) is 72.8. The monoisotopic (exact) mass is 1120 g/mol. The van der Waals surface area contributed by atoms with Gasteiger partial charge in [-0.1, -0.05) is 165 Å². The van der Waals surface area contributed by atoms with Crippen molar-refractivity contribution >= 4 is 97.4 Å². The number of benzene rings is 10. The van der Waals surface area contributed by atoms with Gasteiger partial charge < -0.3 is 19.4 Å². The Balaban J connectivity index is 0.972. The quantitative estimate of drug-likeness (QED) is 0.160. The molecule has 0 unspecified atom stereocenters. The molecule has 10 aromatic carbocycles. The summed E-state index contributed by atoms with van der Waals surface area (Å²) < 4.78 is 7.75. The largest absolute Gasteiger partial charge is 0.458 e. The smallest absolute Gasteiger partial charge is 0.256 e. The maximum Gasteiger partial charge on any atom is 0.256 e. The second-order valence-corrected chi connectivity index (χ2v) is 28.7. The van der Waals surface area contributed by atoms with Gasteiger partial charge >= 0.3 is 0 Å². The average molecular weight is 1120 g/mol. The third-order valence-corrected chi connectivity index (χ3v) is 21.5. The molecule has 0 atom stereocenters. The molecule has 0 saturated heterocycles. The Kier molecular flexibility index (Phi) is 11.4. The fourth-order valence-corrected chi connectivity index (χ4v) is 16.8. The molecule has 4 heterocycles. The van der Waals surface area contributed by atoms with Crippen LogP contribution in [0.2, 0.25) is 0 Å². The molecule has 6 aliphatic rings. The summed E-state index contributed by atoms with van der Waals surface area (Å²) in [5.74, 6) is 1.81. The highest BCUT2D eigenvalue weighted by atomic mass is 16.5. The Bertz CT molecular complexity index is 4510. The van der Waals surface area contributed by atoms with Crippen LogP contribution in [0, 0.1) is 27.7 Å². The number of hydrogen-bond donors (Lipinski definition) is 0. The lowest BCUT2D eigenvalue weighted by Gasteiger charge is -2.46. The van der Waals surface area contributed by atoms with Crippen molar-refractivity contribution in [1.82, 2.24) is 0 Å². The van der Waals surface area contributed by atoms with Crippen molar-refractivity contribution in [2.24, 2.45) is 0 Å². The minimum atomic E-state index is -0.114. The number of ether oxygens (including phenoxy) is 1. The van der Waals surface area contributed by atoms with Crippen molar-refractivity contribution in [1.29, 1.82) is 0 Å². The first-order valence-electron chi connectivity index (χ1n) is 31.6. The van der Waals surface area contributed by atoms with Gasteiger partial charge in [-0.3, -0.25) is 0 Å². The van der Waals surface area contributed by atoms with Crippen molar-refractivity contribution in [3.05, 3.63) is 233 Å². The normalized spacial score (nSPS) is 17.2. The Hall–Kier alpha value is -8.47. The molecule has 0 bridgehead atoms. The van der Waals surface area contributed by atoms with Gasteiger partial charge in [-0.05, 0) is 247 Å². The molecule has 4 nitrogen and oxygen atoms in total. The minimum Gasteiger partial charge on any atom is -0.458 e. The summed E-state index contributed by atoms with van der Waals surface area (Å²) in [7, 11) is 0. The van der Waals surface area contributed by atoms with Crippen LogP contribution in [0.4, 0.5) is 51.2 Å². The van der Waals surface area contributed by atoms with Crippen molar-refractivity contribution in [3.8, 4) is 33.8 Å². The molecule has 16 rings (SSSR count). The maximum atomic E-state index is 7.75. The first-order chi connectivity index (χ1) is 41.3. The molecule has 86 heavy (non-hydrogen) atoms. The van der Waals surface area contributed by atoms with Crippen molar-refractivity contribution in [2.45, 2.75) is 130 Å². The molecule has 4 aliphatic heterocycles. The number of para-hydroxylation sites is 3. The van der Waals surface area contributed by atoms with Crippen LogP contribution < -0.4 is 52.2 Å². The molecular formula is C80H75B2N3O. The molecule has 10 aromatic rings. The van der Waals surface area contributed by atoms with Crippen molar-refractivity contribution in [3.63, 3.8) is 0 Å². The third kappa shape index (κ3) is 7.69. The second-order valence-electron chi connectivity index (χ2n) is 28.7. The van der Waals surface area contributed by atoms with Crippen LogP contribution in [-0.2, 0) is 21.7 Å². The Labute approximate surface area is 510 Å². The Morgan fingerprint density at radius 2 is 0.733 bits per heavy atom. The predicted octanol–water partition coefficient (Wildman–Crippen LogP) is 17.4. The van der Waals surface area contributed by atoms with Gasteiger partial charge in [-0.25, -0.2) is 0 Å². The fourth-order valence-electron chi connectivity index (χ4n) is 16.8. The summed E-state index contributed by atoms with van der Waals surface area (Å²) >= 11 is 0. The van der Waals surface area contributed by atoms with Crippen LogP contribution in [-0.4, -0.2) is 13.4 Å². The zero-order chi connectivity index (χ0) is 59.1. The van der Waals surface area contributed by atoms with Gasteiger partial charge in [0.05, 0.1) is 0 Å². The Morgan fingerprint density at radius 1 is 0.314 bits per heavy atom. The van der Waals surface area contributed by atoms with Crippen LogP contribution in [0.5, 0.6) is 11.5 Å². The van der Waals surface area contributed by atoms with E-state index in [0.717, 1.165) is 35.7 Å². The van der Waals surface area contributed by atoms with Gasteiger partial charge in [0.1, 0.15) is 11.5 Å². The molecule has 0 radical (unpaired) electrons. The van der Waals surface area contributed by atoms with Gasteiger partial charge in [0.15, 0.2) is 0 Å². The van der Waals surface area contributed by atoms with Gasteiger partial charge in [0.25, 0.3) is 13.4 Å². The van der Waals surface area contributed by atoms with Gasteiger partial charge in [-0.15, -0.1) is 0 Å². The highest BCUT2D eigenvalue weighted by Crippen LogP contribution is 2.54. The summed E-state index contributed by atoms with van der Waals surface area (Å²) in [5, 5.41) is 0. The number of rotatable bonds is 5. The van der Waals surface area contributed by atoms with E-state index in [1.54, 1.807) is 0 Å². The van der Waals surface area contributed by atoms with Crippen LogP contribution in [0.15, 0.2) is 188 Å². The molecule has 2 aliphatic carbocycles. The highest BCUT2D eigenvalue weighted by molar-refractivity contribution is 7.02. The van der Waals surface area contributed by atoms with Gasteiger partial charge in [0, 0.05) is 57.3 Å². The predicted molar refractivity (Wildman–Crippen MR) is 367 cm³/mol. The van der Waals surface area contributed by atoms with E-state index >= 15 is 0 Å². The van der Waals surface area contributed by atoms with E-state index in [4.69, 9.17) is 4.74 Å². The van der Waals surface area contributed by atoms with Crippen LogP contribution >= 0.6 is 0 Å². The standard InChI is InChI=1S/C80H75B2N3O/c1-48-22-20-23-49(2)73(48)52-40-68-75-69(41-52)84(55-32-34-57-59(44-55)79(9,10)38-36-77(57,5)6)65-30-18-16-28-61(65)81(75)63-46-64-71(47-67(63)83(68)54-26-14-13-15-27-54)86-72-43-53(74-50(3)24-21-25-51(74)4)42-70-76(72)82(64)62-29-17-19-31-66(62)85(70)56-33-35-58-60(45-56)80(11,12)39-37-78(58,7)8/h13-35,40-47H,36-39H2,1-12H3. The summed E-state index contributed by atoms with van der Waals surface area (Å²) in [4.78, 5) is 7.77. The zero-order valence-electron chi connectivity index (χ0n) is 52.1. The van der Waals surface area contributed by atoms with E-state index in [1.807, 2.05) is 0 Å². The maximum absolute atomic E-state index is 7.75. The van der Waals surface area contributed by atoms with Crippen LogP contribution in [0.25, 0.3) is 22.3 Å². The molecular weight excluding hydrogens is 1040 g/mol. The molecule has 6 heteroatoms. The second kappa shape index (κ2) is 18.5.